The zero-order valence-corrected chi connectivity index (χ0v) is 11.4. The molecule has 3 aromatic heterocycles. The summed E-state index contributed by atoms with van der Waals surface area (Å²) in [6.45, 7) is 0. The third kappa shape index (κ3) is 2.00. The van der Waals surface area contributed by atoms with Crippen LogP contribution in [-0.2, 0) is 6.18 Å². The molecule has 3 heterocycles. The molecule has 0 bridgehead atoms. The summed E-state index contributed by atoms with van der Waals surface area (Å²) >= 11 is 0. The van der Waals surface area contributed by atoms with Gasteiger partial charge in [-0.1, -0.05) is 6.07 Å². The van der Waals surface area contributed by atoms with Crippen LogP contribution in [-0.4, -0.2) is 19.6 Å². The molecule has 0 spiro atoms. The van der Waals surface area contributed by atoms with Crippen LogP contribution >= 0.6 is 0 Å². The van der Waals surface area contributed by atoms with Crippen molar-refractivity contribution in [2.45, 2.75) is 6.18 Å². The van der Waals surface area contributed by atoms with Crippen molar-refractivity contribution in [1.29, 1.82) is 0 Å². The molecule has 0 saturated heterocycles. The van der Waals surface area contributed by atoms with Crippen molar-refractivity contribution < 1.29 is 17.6 Å². The lowest BCUT2D eigenvalue weighted by Crippen LogP contribution is -2.09. The van der Waals surface area contributed by atoms with Crippen molar-refractivity contribution in [3.8, 4) is 11.6 Å². The number of rotatable bonds is 1. The Bertz CT molecular complexity index is 1020. The van der Waals surface area contributed by atoms with Gasteiger partial charge >= 0.3 is 6.18 Å². The maximum absolute atomic E-state index is 13.3. The van der Waals surface area contributed by atoms with Crippen molar-refractivity contribution in [1.82, 2.24) is 19.6 Å². The first-order valence-corrected chi connectivity index (χ1v) is 6.51. The van der Waals surface area contributed by atoms with Gasteiger partial charge in [-0.15, -0.1) is 5.10 Å². The van der Waals surface area contributed by atoms with Crippen LogP contribution in [0.4, 0.5) is 19.1 Å². The third-order valence-corrected chi connectivity index (χ3v) is 3.37. The number of halogens is 3. The fourth-order valence-electron chi connectivity index (χ4n) is 2.42. The van der Waals surface area contributed by atoms with E-state index in [1.165, 1.54) is 18.4 Å². The summed E-state index contributed by atoms with van der Waals surface area (Å²) in [5.74, 6) is 0.399. The van der Waals surface area contributed by atoms with Gasteiger partial charge in [0.2, 0.25) is 11.8 Å². The molecule has 1 aromatic carbocycles. The summed E-state index contributed by atoms with van der Waals surface area (Å²) in [5, 5.41) is 3.93. The Morgan fingerprint density at radius 1 is 1.09 bits per heavy atom. The Morgan fingerprint density at radius 2 is 1.91 bits per heavy atom. The zero-order valence-electron chi connectivity index (χ0n) is 11.4. The Kier molecular flexibility index (Phi) is 2.62. The molecule has 0 amide bonds. The lowest BCUT2D eigenvalue weighted by atomic mass is 10.1. The minimum Gasteiger partial charge on any atom is -0.461 e. The lowest BCUT2D eigenvalue weighted by molar-refractivity contribution is -0.136. The summed E-state index contributed by atoms with van der Waals surface area (Å²) in [7, 11) is 0. The molecule has 116 valence electrons. The SMILES string of the molecule is Nc1nc2cccc(C(F)(F)F)c2c2nc(-c3ccco3)nn12. The van der Waals surface area contributed by atoms with Crippen molar-refractivity contribution in [3.63, 3.8) is 0 Å². The van der Waals surface area contributed by atoms with Gasteiger partial charge in [-0.25, -0.2) is 9.97 Å². The first kappa shape index (κ1) is 13.6. The molecule has 0 fully saturated rings. The number of benzene rings is 1. The normalized spacial score (nSPS) is 12.3. The number of aromatic nitrogens is 4. The first-order valence-electron chi connectivity index (χ1n) is 6.51. The smallest absolute Gasteiger partial charge is 0.417 e. The van der Waals surface area contributed by atoms with Gasteiger partial charge in [0, 0.05) is 0 Å². The predicted molar refractivity (Wildman–Crippen MR) is 75.4 cm³/mol. The van der Waals surface area contributed by atoms with Crippen molar-refractivity contribution >= 4 is 22.5 Å². The van der Waals surface area contributed by atoms with Crippen LogP contribution in [0.1, 0.15) is 5.56 Å². The summed E-state index contributed by atoms with van der Waals surface area (Å²) in [6.07, 6.45) is -3.13. The largest absolute Gasteiger partial charge is 0.461 e. The molecule has 4 aromatic rings. The molecule has 0 saturated carbocycles. The van der Waals surface area contributed by atoms with E-state index in [0.717, 1.165) is 10.6 Å². The monoisotopic (exact) mass is 319 g/mol. The fraction of sp³-hybridized carbons (Fsp3) is 0.0714. The second-order valence-corrected chi connectivity index (χ2v) is 4.82. The average molecular weight is 319 g/mol. The highest BCUT2D eigenvalue weighted by molar-refractivity contribution is 5.95. The van der Waals surface area contributed by atoms with E-state index < -0.39 is 11.7 Å². The van der Waals surface area contributed by atoms with Crippen LogP contribution in [0.25, 0.3) is 28.1 Å². The predicted octanol–water partition coefficient (Wildman–Crippen LogP) is 3.14. The maximum Gasteiger partial charge on any atom is 0.417 e. The molecule has 0 aliphatic heterocycles. The van der Waals surface area contributed by atoms with Gasteiger partial charge in [0.25, 0.3) is 0 Å². The third-order valence-electron chi connectivity index (χ3n) is 3.37. The molecule has 9 heteroatoms. The number of furan rings is 1. The van der Waals surface area contributed by atoms with E-state index in [9.17, 15) is 13.2 Å². The average Bonchev–Trinajstić information content (AvgIpc) is 3.15. The van der Waals surface area contributed by atoms with E-state index in [-0.39, 0.29) is 28.3 Å². The second kappa shape index (κ2) is 4.45. The van der Waals surface area contributed by atoms with Gasteiger partial charge < -0.3 is 10.2 Å². The Hall–Kier alpha value is -3.10. The van der Waals surface area contributed by atoms with E-state index in [4.69, 9.17) is 10.2 Å². The molecule has 0 radical (unpaired) electrons. The number of nitrogens with two attached hydrogens (primary N) is 1. The van der Waals surface area contributed by atoms with Gasteiger partial charge in [0.1, 0.15) is 0 Å². The molecule has 0 unspecified atom stereocenters. The van der Waals surface area contributed by atoms with Crippen LogP contribution in [0.2, 0.25) is 0 Å². The summed E-state index contributed by atoms with van der Waals surface area (Å²) in [5.41, 5.74) is 5.02. The summed E-state index contributed by atoms with van der Waals surface area (Å²) < 4.78 is 46.1. The zero-order chi connectivity index (χ0) is 16.2. The molecule has 0 aliphatic rings. The molecular weight excluding hydrogens is 311 g/mol. The number of anilines is 1. The van der Waals surface area contributed by atoms with E-state index in [0.29, 0.717) is 5.76 Å². The highest BCUT2D eigenvalue weighted by atomic mass is 19.4. The number of fused-ring (bicyclic) bond motifs is 3. The van der Waals surface area contributed by atoms with Gasteiger partial charge in [0.15, 0.2) is 11.4 Å². The Morgan fingerprint density at radius 3 is 2.61 bits per heavy atom. The minimum atomic E-state index is -4.55. The number of alkyl halides is 3. The molecule has 6 nitrogen and oxygen atoms in total. The van der Waals surface area contributed by atoms with Crippen molar-refractivity contribution in [3.05, 3.63) is 42.2 Å². The molecule has 2 N–H and O–H groups in total. The lowest BCUT2D eigenvalue weighted by Gasteiger charge is -2.10. The second-order valence-electron chi connectivity index (χ2n) is 4.82. The highest BCUT2D eigenvalue weighted by Gasteiger charge is 2.34. The quantitative estimate of drug-likeness (QED) is 0.583. The van der Waals surface area contributed by atoms with Gasteiger partial charge in [-0.3, -0.25) is 0 Å². The van der Waals surface area contributed by atoms with Crippen molar-refractivity contribution in [2.24, 2.45) is 0 Å². The van der Waals surface area contributed by atoms with E-state index in [1.54, 1.807) is 12.1 Å². The van der Waals surface area contributed by atoms with E-state index in [2.05, 4.69) is 15.1 Å². The van der Waals surface area contributed by atoms with Crippen LogP contribution in [0.5, 0.6) is 0 Å². The first-order chi connectivity index (χ1) is 10.9. The van der Waals surface area contributed by atoms with Crippen LogP contribution in [0, 0.1) is 0 Å². The minimum absolute atomic E-state index is 0.0215. The molecule has 0 atom stereocenters. The molecular formula is C14H8F3N5O. The van der Waals surface area contributed by atoms with Crippen LogP contribution in [0.3, 0.4) is 0 Å². The van der Waals surface area contributed by atoms with Gasteiger partial charge in [-0.2, -0.15) is 17.7 Å². The number of hydrogen-bond acceptors (Lipinski definition) is 5. The highest BCUT2D eigenvalue weighted by Crippen LogP contribution is 2.36. The number of nitrogen functional groups attached to an aromatic ring is 1. The number of hydrogen-bond donors (Lipinski definition) is 1. The number of nitrogens with zero attached hydrogens (tertiary/aromatic N) is 4. The van der Waals surface area contributed by atoms with Crippen LogP contribution < -0.4 is 5.73 Å². The van der Waals surface area contributed by atoms with E-state index >= 15 is 0 Å². The van der Waals surface area contributed by atoms with Gasteiger partial charge in [0.05, 0.1) is 22.7 Å². The fourth-order valence-corrected chi connectivity index (χ4v) is 2.42. The molecule has 23 heavy (non-hydrogen) atoms. The summed E-state index contributed by atoms with van der Waals surface area (Å²) in [6, 6.07) is 6.93. The molecule has 4 rings (SSSR count). The summed E-state index contributed by atoms with van der Waals surface area (Å²) in [4.78, 5) is 8.14. The maximum atomic E-state index is 13.3. The van der Waals surface area contributed by atoms with Gasteiger partial charge in [-0.05, 0) is 24.3 Å². The van der Waals surface area contributed by atoms with Crippen LogP contribution in [0.15, 0.2) is 41.0 Å². The topological polar surface area (TPSA) is 82.2 Å². The Balaban J connectivity index is 2.14. The standard InChI is InChI=1S/C14H8F3N5O/c15-14(16,17)7-3-1-4-8-10(7)12-20-11(9-5-2-6-23-9)21-22(12)13(18)19-8/h1-6H,(H2,18,19). The van der Waals surface area contributed by atoms with Crippen molar-refractivity contribution in [2.75, 3.05) is 5.73 Å². The Labute approximate surface area is 126 Å². The molecule has 0 aliphatic carbocycles. The van der Waals surface area contributed by atoms with E-state index in [1.807, 2.05) is 0 Å².